The third-order valence-electron chi connectivity index (χ3n) is 1.74. The molecule has 0 fully saturated rings. The number of rotatable bonds is 2. The van der Waals surface area contributed by atoms with E-state index in [1.165, 1.54) is 31.4 Å². The summed E-state index contributed by atoms with van der Waals surface area (Å²) in [4.78, 5) is 5.18. The van der Waals surface area contributed by atoms with Crippen molar-refractivity contribution in [2.24, 2.45) is 4.99 Å². The molecule has 0 unspecified atom stereocenters. The molecular formula is C7H11N2O3-. The van der Waals surface area contributed by atoms with E-state index in [9.17, 15) is 5.11 Å². The van der Waals surface area contributed by atoms with Gasteiger partial charge in [0.05, 0.1) is 0 Å². The Balaban J connectivity index is 2.93. The van der Waals surface area contributed by atoms with Crippen LogP contribution in [0.5, 0.6) is 0 Å². The minimum Gasteiger partial charge on any atom is -0.860 e. The molecule has 5 nitrogen and oxygen atoms in total. The SMILES string of the molecule is COC1(OC)N=CC=C([O-])N1C. The Kier molecular flexibility index (Phi) is 2.35. The Labute approximate surface area is 70.9 Å². The molecule has 1 aliphatic rings. The first-order chi connectivity index (χ1) is 5.66. The van der Waals surface area contributed by atoms with Crippen molar-refractivity contribution in [1.29, 1.82) is 0 Å². The van der Waals surface area contributed by atoms with Crippen molar-refractivity contribution in [3.63, 3.8) is 0 Å². The van der Waals surface area contributed by atoms with Crippen molar-refractivity contribution in [2.45, 2.75) is 6.03 Å². The van der Waals surface area contributed by atoms with E-state index in [2.05, 4.69) is 4.99 Å². The molecule has 0 amide bonds. The van der Waals surface area contributed by atoms with Gasteiger partial charge in [-0.3, -0.25) is 0 Å². The van der Waals surface area contributed by atoms with E-state index in [0.717, 1.165) is 0 Å². The molecule has 0 aromatic heterocycles. The van der Waals surface area contributed by atoms with E-state index in [-0.39, 0.29) is 5.88 Å². The van der Waals surface area contributed by atoms with Crippen LogP contribution >= 0.6 is 0 Å². The summed E-state index contributed by atoms with van der Waals surface area (Å²) in [6.45, 7) is 0. The highest BCUT2D eigenvalue weighted by Gasteiger charge is 2.34. The fourth-order valence-corrected chi connectivity index (χ4v) is 0.995. The van der Waals surface area contributed by atoms with Crippen LogP contribution in [0.4, 0.5) is 0 Å². The Morgan fingerprint density at radius 3 is 2.50 bits per heavy atom. The standard InChI is InChI=1S/C7H12N2O3/c1-9-6(10)4-5-8-7(9,11-2)12-3/h4-5,10H,1-3H3/p-1. The summed E-state index contributed by atoms with van der Waals surface area (Å²) >= 11 is 0. The van der Waals surface area contributed by atoms with Crippen LogP contribution in [0, 0.1) is 0 Å². The van der Waals surface area contributed by atoms with Crippen LogP contribution in [0.1, 0.15) is 0 Å². The number of hydrogen-bond donors (Lipinski definition) is 0. The van der Waals surface area contributed by atoms with Crippen LogP contribution in [0.25, 0.3) is 0 Å². The average Bonchev–Trinajstić information content (AvgIpc) is 2.11. The second-order valence-corrected chi connectivity index (χ2v) is 2.30. The molecule has 1 heterocycles. The van der Waals surface area contributed by atoms with Gasteiger partial charge in [0.1, 0.15) is 0 Å². The van der Waals surface area contributed by atoms with E-state index < -0.39 is 6.03 Å². The maximum absolute atomic E-state index is 11.1. The smallest absolute Gasteiger partial charge is 0.359 e. The van der Waals surface area contributed by atoms with Crippen LogP contribution in [-0.2, 0) is 9.47 Å². The van der Waals surface area contributed by atoms with Gasteiger partial charge in [0.2, 0.25) is 0 Å². The number of methoxy groups -OCH3 is 2. The Morgan fingerprint density at radius 2 is 2.08 bits per heavy atom. The zero-order valence-electron chi connectivity index (χ0n) is 7.27. The Bertz CT molecular complexity index is 221. The predicted molar refractivity (Wildman–Crippen MR) is 41.1 cm³/mol. The second-order valence-electron chi connectivity index (χ2n) is 2.30. The molecule has 0 N–H and O–H groups in total. The van der Waals surface area contributed by atoms with E-state index in [1.807, 2.05) is 0 Å². The molecule has 0 bridgehead atoms. The van der Waals surface area contributed by atoms with Crippen molar-refractivity contribution in [2.75, 3.05) is 21.3 Å². The third kappa shape index (κ3) is 1.17. The van der Waals surface area contributed by atoms with Gasteiger partial charge in [0, 0.05) is 27.5 Å². The maximum Gasteiger partial charge on any atom is 0.359 e. The van der Waals surface area contributed by atoms with Crippen LogP contribution < -0.4 is 5.11 Å². The molecule has 12 heavy (non-hydrogen) atoms. The van der Waals surface area contributed by atoms with Gasteiger partial charge in [-0.1, -0.05) is 0 Å². The van der Waals surface area contributed by atoms with E-state index >= 15 is 0 Å². The van der Waals surface area contributed by atoms with Gasteiger partial charge in [0.15, 0.2) is 0 Å². The third-order valence-corrected chi connectivity index (χ3v) is 1.74. The molecule has 0 atom stereocenters. The van der Waals surface area contributed by atoms with Crippen molar-refractivity contribution in [3.05, 3.63) is 12.0 Å². The molecule has 68 valence electrons. The molecule has 0 aliphatic carbocycles. The molecule has 0 saturated heterocycles. The van der Waals surface area contributed by atoms with Gasteiger partial charge in [-0.05, 0) is 12.0 Å². The predicted octanol–water partition coefficient (Wildman–Crippen LogP) is -0.892. The Hall–Kier alpha value is -1.07. The van der Waals surface area contributed by atoms with Gasteiger partial charge in [-0.25, -0.2) is 4.99 Å². The quantitative estimate of drug-likeness (QED) is 0.506. The number of aliphatic imine (C=N–C) groups is 1. The molecule has 0 spiro atoms. The van der Waals surface area contributed by atoms with Gasteiger partial charge in [-0.2, -0.15) is 0 Å². The first kappa shape index (κ1) is 9.02. The molecule has 0 aromatic carbocycles. The van der Waals surface area contributed by atoms with E-state index in [4.69, 9.17) is 9.47 Å². The highest BCUT2D eigenvalue weighted by atomic mass is 16.7. The van der Waals surface area contributed by atoms with Crippen molar-refractivity contribution < 1.29 is 14.6 Å². The van der Waals surface area contributed by atoms with Crippen molar-refractivity contribution in [3.8, 4) is 0 Å². The van der Waals surface area contributed by atoms with Crippen molar-refractivity contribution >= 4 is 6.21 Å². The lowest BCUT2D eigenvalue weighted by Gasteiger charge is -2.41. The van der Waals surface area contributed by atoms with Crippen LogP contribution in [0.2, 0.25) is 0 Å². The van der Waals surface area contributed by atoms with E-state index in [0.29, 0.717) is 0 Å². The number of nitrogens with zero attached hydrogens (tertiary/aromatic N) is 2. The molecular weight excluding hydrogens is 160 g/mol. The van der Waals surface area contributed by atoms with Crippen LogP contribution in [0.3, 0.4) is 0 Å². The summed E-state index contributed by atoms with van der Waals surface area (Å²) in [5, 5.41) is 11.1. The number of hydrogen-bond acceptors (Lipinski definition) is 5. The van der Waals surface area contributed by atoms with Crippen LogP contribution in [-0.4, -0.2) is 38.4 Å². The maximum atomic E-state index is 11.1. The molecule has 5 heteroatoms. The molecule has 0 aromatic rings. The lowest BCUT2D eigenvalue weighted by molar-refractivity contribution is -0.380. The van der Waals surface area contributed by atoms with E-state index in [1.54, 1.807) is 7.05 Å². The number of ether oxygens (including phenoxy) is 2. The summed E-state index contributed by atoms with van der Waals surface area (Å²) in [7, 11) is 4.41. The minimum absolute atomic E-state index is 0.200. The molecule has 1 rings (SSSR count). The summed E-state index contributed by atoms with van der Waals surface area (Å²) < 4.78 is 9.95. The average molecular weight is 171 g/mol. The second kappa shape index (κ2) is 3.12. The van der Waals surface area contributed by atoms with Crippen LogP contribution in [0.15, 0.2) is 17.0 Å². The number of allylic oxidation sites excluding steroid dienone is 1. The fourth-order valence-electron chi connectivity index (χ4n) is 0.995. The fraction of sp³-hybridized carbons (Fsp3) is 0.571. The molecule has 0 radical (unpaired) electrons. The highest BCUT2D eigenvalue weighted by Crippen LogP contribution is 2.21. The summed E-state index contributed by atoms with van der Waals surface area (Å²) in [5.74, 6) is -0.200. The lowest BCUT2D eigenvalue weighted by atomic mass is 10.5. The largest absolute Gasteiger partial charge is 0.860 e. The highest BCUT2D eigenvalue weighted by molar-refractivity contribution is 5.72. The zero-order valence-corrected chi connectivity index (χ0v) is 7.27. The Morgan fingerprint density at radius 1 is 1.50 bits per heavy atom. The van der Waals surface area contributed by atoms with Gasteiger partial charge < -0.3 is 19.5 Å². The monoisotopic (exact) mass is 171 g/mol. The molecule has 1 aliphatic heterocycles. The zero-order chi connectivity index (χ0) is 9.19. The van der Waals surface area contributed by atoms with Gasteiger partial charge in [-0.15, -0.1) is 0 Å². The topological polar surface area (TPSA) is 57.1 Å². The lowest BCUT2D eigenvalue weighted by Crippen LogP contribution is -2.51. The molecule has 0 saturated carbocycles. The van der Waals surface area contributed by atoms with Gasteiger partial charge in [0.25, 0.3) is 0 Å². The summed E-state index contributed by atoms with van der Waals surface area (Å²) in [5.41, 5.74) is 0. The normalized spacial score (nSPS) is 20.9. The van der Waals surface area contributed by atoms with Crippen molar-refractivity contribution in [1.82, 2.24) is 4.90 Å². The summed E-state index contributed by atoms with van der Waals surface area (Å²) in [6.07, 6.45) is 2.71. The first-order valence-corrected chi connectivity index (χ1v) is 3.43. The van der Waals surface area contributed by atoms with Gasteiger partial charge >= 0.3 is 6.03 Å². The first-order valence-electron chi connectivity index (χ1n) is 3.43. The summed E-state index contributed by atoms with van der Waals surface area (Å²) in [6, 6.07) is -1.29. The minimum atomic E-state index is -1.29.